The van der Waals surface area contributed by atoms with Crippen LogP contribution in [0.3, 0.4) is 0 Å². The molecule has 0 saturated heterocycles. The third-order valence-electron chi connectivity index (χ3n) is 5.87. The van der Waals surface area contributed by atoms with Crippen LogP contribution in [0.25, 0.3) is 0 Å². The summed E-state index contributed by atoms with van der Waals surface area (Å²) in [6, 6.07) is 18.8. The van der Waals surface area contributed by atoms with Crippen LogP contribution in [0, 0.1) is 5.82 Å². The van der Waals surface area contributed by atoms with E-state index in [1.807, 2.05) is 6.92 Å². The van der Waals surface area contributed by atoms with Gasteiger partial charge in [-0.15, -0.1) is 0 Å². The van der Waals surface area contributed by atoms with E-state index in [-0.39, 0.29) is 40.7 Å². The maximum atomic E-state index is 13.3. The molecule has 2 amide bonds. The number of hydrogen-bond donors (Lipinski definition) is 1. The van der Waals surface area contributed by atoms with Crippen molar-refractivity contribution in [2.75, 3.05) is 18.1 Å². The van der Waals surface area contributed by atoms with E-state index in [0.29, 0.717) is 23.2 Å². The molecule has 3 aromatic carbocycles. The standard InChI is InChI=1S/C27H29FN2O4S/c1-4-25(20-8-12-22(28)13-9-20)30(3)27(32)21-10-14-23(15-11-21)29-26(31)18-19-6-16-24(17-7-19)35(33,34)5-2/h6-17,25H,4-5,18H2,1-3H3,(H,29,31)/t25-/m1/s1. The molecule has 1 atom stereocenters. The third-order valence-corrected chi connectivity index (χ3v) is 7.62. The van der Waals surface area contributed by atoms with E-state index in [0.717, 1.165) is 5.56 Å². The molecule has 0 radical (unpaired) electrons. The molecule has 0 aliphatic carbocycles. The molecule has 0 fully saturated rings. The predicted octanol–water partition coefficient (Wildman–Crippen LogP) is 5.02. The van der Waals surface area contributed by atoms with E-state index < -0.39 is 9.84 Å². The number of carbonyl (C=O) groups is 2. The first-order valence-electron chi connectivity index (χ1n) is 11.4. The van der Waals surface area contributed by atoms with Gasteiger partial charge in [0.15, 0.2) is 9.84 Å². The van der Waals surface area contributed by atoms with Gasteiger partial charge in [0.2, 0.25) is 5.91 Å². The molecule has 35 heavy (non-hydrogen) atoms. The Balaban J connectivity index is 1.62. The summed E-state index contributed by atoms with van der Waals surface area (Å²) in [5.74, 6) is -0.737. The number of carbonyl (C=O) groups excluding carboxylic acids is 2. The summed E-state index contributed by atoms with van der Waals surface area (Å²) in [6.45, 7) is 3.55. The largest absolute Gasteiger partial charge is 0.335 e. The van der Waals surface area contributed by atoms with Gasteiger partial charge in [-0.3, -0.25) is 9.59 Å². The lowest BCUT2D eigenvalue weighted by Gasteiger charge is -2.28. The van der Waals surface area contributed by atoms with Crippen molar-refractivity contribution < 1.29 is 22.4 Å². The highest BCUT2D eigenvalue weighted by molar-refractivity contribution is 7.91. The zero-order chi connectivity index (χ0) is 25.6. The molecule has 0 aliphatic heterocycles. The van der Waals surface area contributed by atoms with E-state index in [2.05, 4.69) is 5.32 Å². The summed E-state index contributed by atoms with van der Waals surface area (Å²) < 4.78 is 37.1. The van der Waals surface area contributed by atoms with Crippen LogP contribution in [0.15, 0.2) is 77.7 Å². The van der Waals surface area contributed by atoms with Crippen molar-refractivity contribution in [1.82, 2.24) is 4.90 Å². The maximum Gasteiger partial charge on any atom is 0.254 e. The lowest BCUT2D eigenvalue weighted by Crippen LogP contribution is -2.31. The number of benzene rings is 3. The number of halogens is 1. The molecule has 0 aliphatic rings. The second kappa shape index (κ2) is 11.3. The van der Waals surface area contributed by atoms with Crippen LogP contribution in [0.4, 0.5) is 10.1 Å². The molecular formula is C27H29FN2O4S. The lowest BCUT2D eigenvalue weighted by molar-refractivity contribution is -0.115. The fraction of sp³-hybridized carbons (Fsp3) is 0.259. The van der Waals surface area contributed by atoms with E-state index in [4.69, 9.17) is 0 Å². The second-order valence-corrected chi connectivity index (χ2v) is 10.5. The van der Waals surface area contributed by atoms with Gasteiger partial charge in [-0.2, -0.15) is 0 Å². The fourth-order valence-electron chi connectivity index (χ4n) is 3.83. The molecule has 0 bridgehead atoms. The van der Waals surface area contributed by atoms with Crippen LogP contribution in [0.5, 0.6) is 0 Å². The lowest BCUT2D eigenvalue weighted by atomic mass is 10.0. The first-order valence-corrected chi connectivity index (χ1v) is 13.0. The Bertz CT molecular complexity index is 1270. The van der Waals surface area contributed by atoms with Crippen molar-refractivity contribution in [3.05, 3.63) is 95.3 Å². The zero-order valence-electron chi connectivity index (χ0n) is 20.0. The number of nitrogens with zero attached hydrogens (tertiary/aromatic N) is 1. The van der Waals surface area contributed by atoms with Crippen molar-refractivity contribution in [3.63, 3.8) is 0 Å². The Morgan fingerprint density at radius 3 is 2.06 bits per heavy atom. The molecule has 0 aromatic heterocycles. The van der Waals surface area contributed by atoms with Gasteiger partial charge in [0, 0.05) is 18.3 Å². The molecule has 1 N–H and O–H groups in total. The Labute approximate surface area is 205 Å². The Hall–Kier alpha value is -3.52. The number of hydrogen-bond acceptors (Lipinski definition) is 4. The van der Waals surface area contributed by atoms with Crippen molar-refractivity contribution >= 4 is 27.3 Å². The van der Waals surface area contributed by atoms with Gasteiger partial charge in [-0.25, -0.2) is 12.8 Å². The smallest absolute Gasteiger partial charge is 0.254 e. The summed E-state index contributed by atoms with van der Waals surface area (Å²) in [5, 5.41) is 2.79. The van der Waals surface area contributed by atoms with Crippen LogP contribution in [-0.2, 0) is 21.1 Å². The topological polar surface area (TPSA) is 83.6 Å². The van der Waals surface area contributed by atoms with Crippen LogP contribution in [0.2, 0.25) is 0 Å². The highest BCUT2D eigenvalue weighted by Gasteiger charge is 2.21. The van der Waals surface area contributed by atoms with Crippen LogP contribution < -0.4 is 5.32 Å². The molecule has 3 aromatic rings. The van der Waals surface area contributed by atoms with Crippen LogP contribution in [-0.4, -0.2) is 37.9 Å². The number of nitrogens with one attached hydrogen (secondary N) is 1. The SMILES string of the molecule is CC[C@H](c1ccc(F)cc1)N(C)C(=O)c1ccc(NC(=O)Cc2ccc(S(=O)(=O)CC)cc2)cc1. The summed E-state index contributed by atoms with van der Waals surface area (Å²) in [7, 11) is -1.57. The summed E-state index contributed by atoms with van der Waals surface area (Å²) in [4.78, 5) is 27.3. The van der Waals surface area contributed by atoms with Gasteiger partial charge < -0.3 is 10.2 Å². The van der Waals surface area contributed by atoms with Gasteiger partial charge in [0.1, 0.15) is 5.82 Å². The quantitative estimate of drug-likeness (QED) is 0.451. The highest BCUT2D eigenvalue weighted by atomic mass is 32.2. The molecule has 0 heterocycles. The highest BCUT2D eigenvalue weighted by Crippen LogP contribution is 2.25. The molecule has 184 valence electrons. The van der Waals surface area contributed by atoms with Crippen molar-refractivity contribution in [2.24, 2.45) is 0 Å². The molecule has 0 spiro atoms. The summed E-state index contributed by atoms with van der Waals surface area (Å²) in [6.07, 6.45) is 0.763. The maximum absolute atomic E-state index is 13.3. The molecular weight excluding hydrogens is 467 g/mol. The number of rotatable bonds is 9. The summed E-state index contributed by atoms with van der Waals surface area (Å²) in [5.41, 5.74) is 2.56. The Kier molecular flexibility index (Phi) is 8.40. The number of amides is 2. The average Bonchev–Trinajstić information content (AvgIpc) is 2.86. The predicted molar refractivity (Wildman–Crippen MR) is 134 cm³/mol. The number of sulfone groups is 1. The minimum absolute atomic E-state index is 0.0203. The summed E-state index contributed by atoms with van der Waals surface area (Å²) >= 11 is 0. The molecule has 0 unspecified atom stereocenters. The van der Waals surface area contributed by atoms with E-state index >= 15 is 0 Å². The first-order chi connectivity index (χ1) is 16.6. The van der Waals surface area contributed by atoms with Gasteiger partial charge in [-0.1, -0.05) is 38.1 Å². The van der Waals surface area contributed by atoms with Crippen LogP contribution >= 0.6 is 0 Å². The first kappa shape index (κ1) is 26.1. The Morgan fingerprint density at radius 2 is 1.51 bits per heavy atom. The third kappa shape index (κ3) is 6.54. The second-order valence-electron chi connectivity index (χ2n) is 8.24. The van der Waals surface area contributed by atoms with E-state index in [1.165, 1.54) is 24.3 Å². The minimum Gasteiger partial charge on any atom is -0.335 e. The molecule has 6 nitrogen and oxygen atoms in total. The van der Waals surface area contributed by atoms with E-state index in [1.54, 1.807) is 67.4 Å². The fourth-order valence-corrected chi connectivity index (χ4v) is 4.72. The van der Waals surface area contributed by atoms with Gasteiger partial charge >= 0.3 is 0 Å². The molecule has 3 rings (SSSR count). The molecule has 8 heteroatoms. The van der Waals surface area contributed by atoms with Gasteiger partial charge in [0.25, 0.3) is 5.91 Å². The minimum atomic E-state index is -3.28. The van der Waals surface area contributed by atoms with Crippen molar-refractivity contribution in [1.29, 1.82) is 0 Å². The van der Waals surface area contributed by atoms with Crippen molar-refractivity contribution in [3.8, 4) is 0 Å². The molecule has 0 saturated carbocycles. The Morgan fingerprint density at radius 1 is 0.914 bits per heavy atom. The van der Waals surface area contributed by atoms with E-state index in [9.17, 15) is 22.4 Å². The van der Waals surface area contributed by atoms with Gasteiger partial charge in [-0.05, 0) is 66.1 Å². The van der Waals surface area contributed by atoms with Gasteiger partial charge in [0.05, 0.1) is 23.1 Å². The monoisotopic (exact) mass is 496 g/mol. The van der Waals surface area contributed by atoms with Crippen molar-refractivity contribution in [2.45, 2.75) is 37.6 Å². The average molecular weight is 497 g/mol. The number of anilines is 1. The van der Waals surface area contributed by atoms with Crippen LogP contribution in [0.1, 0.15) is 47.8 Å². The normalized spacial score (nSPS) is 12.1. The zero-order valence-corrected chi connectivity index (χ0v) is 20.8.